The third kappa shape index (κ3) is 5.87. The molecule has 0 aliphatic heterocycles. The molecule has 20 heavy (non-hydrogen) atoms. The standard InChI is InChI=1S/C16H21NO3/c1-20-13-6-2-5-11-17-16(19)15-10-4-3-8-14(15)9-7-12-18/h3-4,8,10,18H,2,5-6,11-13H2,1H3,(H,17,19). The first-order chi connectivity index (χ1) is 9.79. The van der Waals surface area contributed by atoms with Crippen LogP contribution in [-0.2, 0) is 4.74 Å². The smallest absolute Gasteiger partial charge is 0.252 e. The maximum Gasteiger partial charge on any atom is 0.252 e. The Morgan fingerprint density at radius 3 is 2.85 bits per heavy atom. The van der Waals surface area contributed by atoms with E-state index in [1.165, 1.54) is 0 Å². The molecule has 0 unspecified atom stereocenters. The maximum atomic E-state index is 12.1. The molecule has 0 aromatic heterocycles. The Morgan fingerprint density at radius 1 is 1.30 bits per heavy atom. The molecule has 0 heterocycles. The second-order valence-corrected chi connectivity index (χ2v) is 4.31. The number of nitrogens with one attached hydrogen (secondary N) is 1. The van der Waals surface area contributed by atoms with E-state index < -0.39 is 0 Å². The Morgan fingerprint density at radius 2 is 2.10 bits per heavy atom. The van der Waals surface area contributed by atoms with E-state index in [4.69, 9.17) is 9.84 Å². The van der Waals surface area contributed by atoms with Crippen molar-refractivity contribution in [1.82, 2.24) is 5.32 Å². The average Bonchev–Trinajstić information content (AvgIpc) is 2.48. The molecule has 4 heteroatoms. The summed E-state index contributed by atoms with van der Waals surface area (Å²) in [7, 11) is 1.69. The molecule has 0 atom stereocenters. The Kier molecular flexibility index (Phi) is 8.13. The molecule has 1 rings (SSSR count). The van der Waals surface area contributed by atoms with Crippen LogP contribution in [0.2, 0.25) is 0 Å². The number of hydrogen-bond acceptors (Lipinski definition) is 3. The first-order valence-electron chi connectivity index (χ1n) is 6.75. The van der Waals surface area contributed by atoms with Gasteiger partial charge in [0.2, 0.25) is 0 Å². The Bertz CT molecular complexity index is 474. The van der Waals surface area contributed by atoms with Crippen LogP contribution in [0.4, 0.5) is 0 Å². The largest absolute Gasteiger partial charge is 0.385 e. The number of methoxy groups -OCH3 is 1. The lowest BCUT2D eigenvalue weighted by Crippen LogP contribution is -2.25. The number of unbranched alkanes of at least 4 members (excludes halogenated alkanes) is 2. The molecule has 0 spiro atoms. The molecule has 0 bridgehead atoms. The van der Waals surface area contributed by atoms with Crippen molar-refractivity contribution in [2.75, 3.05) is 26.9 Å². The van der Waals surface area contributed by atoms with Crippen LogP contribution in [0.1, 0.15) is 35.2 Å². The van der Waals surface area contributed by atoms with Crippen molar-refractivity contribution in [3.63, 3.8) is 0 Å². The lowest BCUT2D eigenvalue weighted by atomic mass is 10.1. The van der Waals surface area contributed by atoms with Gasteiger partial charge in [0.05, 0.1) is 5.56 Å². The molecule has 108 valence electrons. The average molecular weight is 275 g/mol. The highest BCUT2D eigenvalue weighted by atomic mass is 16.5. The van der Waals surface area contributed by atoms with Crippen LogP contribution in [0.25, 0.3) is 0 Å². The van der Waals surface area contributed by atoms with Crippen molar-refractivity contribution in [3.05, 3.63) is 35.4 Å². The third-order valence-corrected chi connectivity index (χ3v) is 2.78. The first kappa shape index (κ1) is 16.2. The van der Waals surface area contributed by atoms with Crippen molar-refractivity contribution in [2.24, 2.45) is 0 Å². The highest BCUT2D eigenvalue weighted by Crippen LogP contribution is 2.07. The molecule has 2 N–H and O–H groups in total. The second-order valence-electron chi connectivity index (χ2n) is 4.31. The minimum atomic E-state index is -0.213. The molecule has 1 amide bonds. The number of rotatable bonds is 7. The summed E-state index contributed by atoms with van der Waals surface area (Å²) >= 11 is 0. The van der Waals surface area contributed by atoms with E-state index >= 15 is 0 Å². The number of ether oxygens (including phenoxy) is 1. The van der Waals surface area contributed by atoms with E-state index in [0.717, 1.165) is 25.9 Å². The lowest BCUT2D eigenvalue weighted by Gasteiger charge is -2.07. The van der Waals surface area contributed by atoms with Crippen LogP contribution in [0, 0.1) is 11.8 Å². The maximum absolute atomic E-state index is 12.1. The molecule has 0 radical (unpaired) electrons. The Hall–Kier alpha value is -1.83. The zero-order valence-corrected chi connectivity index (χ0v) is 11.8. The fourth-order valence-corrected chi connectivity index (χ4v) is 1.77. The summed E-state index contributed by atoms with van der Waals surface area (Å²) in [5.74, 6) is 5.22. The second kappa shape index (κ2) is 10.0. The molecule has 0 aliphatic rings. The minimum Gasteiger partial charge on any atom is -0.385 e. The molecule has 0 fully saturated rings. The van der Waals surface area contributed by atoms with Gasteiger partial charge in [0.1, 0.15) is 6.61 Å². The summed E-state index contributed by atoms with van der Waals surface area (Å²) in [5, 5.41) is 11.6. The number of benzene rings is 1. The number of hydrogen-bond donors (Lipinski definition) is 2. The van der Waals surface area contributed by atoms with Gasteiger partial charge in [-0.25, -0.2) is 0 Å². The van der Waals surface area contributed by atoms with E-state index in [9.17, 15) is 4.79 Å². The number of aliphatic hydroxyl groups excluding tert-OH is 1. The predicted octanol–water partition coefficient (Wildman–Crippen LogP) is 1.58. The fourth-order valence-electron chi connectivity index (χ4n) is 1.77. The number of amides is 1. The molecule has 0 aliphatic carbocycles. The normalized spacial score (nSPS) is 9.70. The van der Waals surface area contributed by atoms with Crippen LogP contribution in [0.5, 0.6) is 0 Å². The first-order valence-corrected chi connectivity index (χ1v) is 6.75. The zero-order chi connectivity index (χ0) is 14.6. The molecule has 0 saturated carbocycles. The van der Waals surface area contributed by atoms with Crippen LogP contribution in [0.15, 0.2) is 24.3 Å². The SMILES string of the molecule is COCCCCCNC(=O)c1ccccc1C#CCO. The van der Waals surface area contributed by atoms with Gasteiger partial charge in [-0.1, -0.05) is 24.0 Å². The van der Waals surface area contributed by atoms with Gasteiger partial charge in [-0.15, -0.1) is 0 Å². The quantitative estimate of drug-likeness (QED) is 0.587. The monoisotopic (exact) mass is 275 g/mol. The predicted molar refractivity (Wildman–Crippen MR) is 78.5 cm³/mol. The molecule has 0 saturated heterocycles. The van der Waals surface area contributed by atoms with Gasteiger partial charge in [-0.3, -0.25) is 4.79 Å². The van der Waals surface area contributed by atoms with Gasteiger partial charge in [0.25, 0.3) is 5.91 Å². The van der Waals surface area contributed by atoms with E-state index in [2.05, 4.69) is 17.2 Å². The van der Waals surface area contributed by atoms with Crippen molar-refractivity contribution >= 4 is 5.91 Å². The van der Waals surface area contributed by atoms with Crippen molar-refractivity contribution in [1.29, 1.82) is 0 Å². The summed E-state index contributed by atoms with van der Waals surface area (Å²) in [6.45, 7) is 1.19. The highest BCUT2D eigenvalue weighted by Gasteiger charge is 2.08. The molecular formula is C16H21NO3. The van der Waals surface area contributed by atoms with Crippen molar-refractivity contribution < 1.29 is 14.6 Å². The van der Waals surface area contributed by atoms with Gasteiger partial charge in [0.15, 0.2) is 0 Å². The minimum absolute atomic E-state index is 0.125. The summed E-state index contributed by atoms with van der Waals surface area (Å²) < 4.78 is 4.97. The van der Waals surface area contributed by atoms with Gasteiger partial charge in [0, 0.05) is 25.8 Å². The summed E-state index contributed by atoms with van der Waals surface area (Å²) in [6, 6.07) is 7.14. The van der Waals surface area contributed by atoms with E-state index in [1.807, 2.05) is 6.07 Å². The number of aliphatic hydroxyl groups is 1. The van der Waals surface area contributed by atoms with Crippen LogP contribution in [-0.4, -0.2) is 37.9 Å². The highest BCUT2D eigenvalue weighted by molar-refractivity contribution is 5.96. The van der Waals surface area contributed by atoms with E-state index in [-0.39, 0.29) is 12.5 Å². The Labute approximate surface area is 120 Å². The van der Waals surface area contributed by atoms with Gasteiger partial charge >= 0.3 is 0 Å². The van der Waals surface area contributed by atoms with Crippen molar-refractivity contribution in [2.45, 2.75) is 19.3 Å². The fraction of sp³-hybridized carbons (Fsp3) is 0.438. The van der Waals surface area contributed by atoms with Crippen LogP contribution < -0.4 is 5.32 Å². The van der Waals surface area contributed by atoms with Gasteiger partial charge in [-0.05, 0) is 31.4 Å². The van der Waals surface area contributed by atoms with Crippen molar-refractivity contribution in [3.8, 4) is 11.8 Å². The lowest BCUT2D eigenvalue weighted by molar-refractivity contribution is 0.0952. The third-order valence-electron chi connectivity index (χ3n) is 2.78. The molecule has 4 nitrogen and oxygen atoms in total. The molecular weight excluding hydrogens is 254 g/mol. The summed E-state index contributed by atoms with van der Waals surface area (Å²) in [6.07, 6.45) is 2.96. The summed E-state index contributed by atoms with van der Waals surface area (Å²) in [4.78, 5) is 12.1. The summed E-state index contributed by atoms with van der Waals surface area (Å²) in [5.41, 5.74) is 1.18. The van der Waals surface area contributed by atoms with E-state index in [0.29, 0.717) is 17.7 Å². The van der Waals surface area contributed by atoms with Crippen LogP contribution >= 0.6 is 0 Å². The van der Waals surface area contributed by atoms with Gasteiger partial charge < -0.3 is 15.2 Å². The topological polar surface area (TPSA) is 58.6 Å². The zero-order valence-electron chi connectivity index (χ0n) is 11.8. The van der Waals surface area contributed by atoms with Gasteiger partial charge in [-0.2, -0.15) is 0 Å². The Balaban J connectivity index is 2.47. The molecule has 1 aromatic rings. The van der Waals surface area contributed by atoms with E-state index in [1.54, 1.807) is 25.3 Å². The number of carbonyl (C=O) groups excluding carboxylic acids is 1. The number of carbonyl (C=O) groups is 1. The molecule has 1 aromatic carbocycles. The van der Waals surface area contributed by atoms with Crippen LogP contribution in [0.3, 0.4) is 0 Å².